The number of methoxy groups -OCH3 is 1. The van der Waals surface area contributed by atoms with Gasteiger partial charge in [-0.05, 0) is 24.1 Å². The maximum Gasteiger partial charge on any atom is 0.305 e. The van der Waals surface area contributed by atoms with Crippen LogP contribution in [0.2, 0.25) is 0 Å². The Morgan fingerprint density at radius 1 is 0.875 bits per heavy atom. The molecule has 0 saturated carbocycles. The highest BCUT2D eigenvalue weighted by molar-refractivity contribution is 6.37. The number of nitrogens with one attached hydrogen (secondary N) is 1. The summed E-state index contributed by atoms with van der Waals surface area (Å²) in [5, 5.41) is 2.82. The number of ketones is 1. The Labute approximate surface area is 192 Å². The van der Waals surface area contributed by atoms with Crippen LogP contribution >= 0.6 is 11.6 Å². The highest BCUT2D eigenvalue weighted by atomic mass is 35.5. The van der Waals surface area contributed by atoms with Crippen LogP contribution in [-0.4, -0.2) is 29.6 Å². The second kappa shape index (κ2) is 10.7. The molecule has 0 aliphatic rings. The van der Waals surface area contributed by atoms with E-state index < -0.39 is 16.8 Å². The summed E-state index contributed by atoms with van der Waals surface area (Å²) in [5.41, 5.74) is 2.10. The summed E-state index contributed by atoms with van der Waals surface area (Å²) in [6.07, 6.45) is 0.286. The molecule has 0 aliphatic heterocycles. The molecule has 1 amide bonds. The first-order chi connectivity index (χ1) is 15.4. The first-order valence-electron chi connectivity index (χ1n) is 10.2. The number of ether oxygens (including phenoxy) is 1. The number of carbonyl (C=O) groups excluding carboxylic acids is 3. The summed E-state index contributed by atoms with van der Waals surface area (Å²) in [4.78, 5) is 36.7. The fourth-order valence-corrected chi connectivity index (χ4v) is 3.67. The van der Waals surface area contributed by atoms with Crippen molar-refractivity contribution < 1.29 is 19.1 Å². The van der Waals surface area contributed by atoms with Crippen molar-refractivity contribution >= 4 is 34.9 Å². The smallest absolute Gasteiger partial charge is 0.305 e. The second-order valence-electron chi connectivity index (χ2n) is 7.40. The number of halogens is 1. The largest absolute Gasteiger partial charge is 0.469 e. The molecule has 5 nitrogen and oxygen atoms in total. The number of hydrogen-bond donors (Lipinski definition) is 1. The Balaban J connectivity index is 1.87. The van der Waals surface area contributed by atoms with Crippen LogP contribution in [0.5, 0.6) is 0 Å². The predicted octanol–water partition coefficient (Wildman–Crippen LogP) is 5.03. The molecule has 3 aromatic carbocycles. The molecule has 3 rings (SSSR count). The number of rotatable bonds is 9. The van der Waals surface area contributed by atoms with Crippen LogP contribution in [0.15, 0.2) is 84.9 Å². The van der Waals surface area contributed by atoms with Crippen molar-refractivity contribution in [3.63, 3.8) is 0 Å². The van der Waals surface area contributed by atoms with Gasteiger partial charge in [-0.3, -0.25) is 14.4 Å². The Hall–Kier alpha value is -3.44. The molecule has 0 aromatic heterocycles. The van der Waals surface area contributed by atoms with Gasteiger partial charge in [0.25, 0.3) is 0 Å². The Morgan fingerprint density at radius 3 is 2.12 bits per heavy atom. The number of anilines is 1. The molecule has 0 saturated heterocycles. The summed E-state index contributed by atoms with van der Waals surface area (Å²) < 4.78 is 4.72. The normalized spacial score (nSPS) is 12.4. The summed E-state index contributed by atoms with van der Waals surface area (Å²) in [5.74, 6) is -1.14. The second-order valence-corrected chi connectivity index (χ2v) is 8.12. The molecular formula is C26H24ClNO4. The fraction of sp³-hybridized carbons (Fsp3) is 0.192. The molecule has 1 N–H and O–H groups in total. The van der Waals surface area contributed by atoms with Crippen molar-refractivity contribution in [3.05, 3.63) is 102 Å². The minimum absolute atomic E-state index is 0.00908. The van der Waals surface area contributed by atoms with Crippen molar-refractivity contribution in [2.45, 2.75) is 24.1 Å². The van der Waals surface area contributed by atoms with E-state index in [1.165, 1.54) is 7.11 Å². The van der Waals surface area contributed by atoms with Crippen LogP contribution < -0.4 is 5.32 Å². The van der Waals surface area contributed by atoms with Gasteiger partial charge in [0.15, 0.2) is 5.78 Å². The van der Waals surface area contributed by atoms with E-state index in [1.54, 1.807) is 48.5 Å². The van der Waals surface area contributed by atoms with Crippen molar-refractivity contribution in [2.24, 2.45) is 0 Å². The molecule has 0 aliphatic carbocycles. The van der Waals surface area contributed by atoms with Gasteiger partial charge in [0.2, 0.25) is 5.91 Å². The summed E-state index contributed by atoms with van der Waals surface area (Å²) in [7, 11) is 1.29. The standard InChI is InChI=1S/C26H24ClNO4/c1-32-23(29)16-17-26(27,18-19-10-4-2-5-11-19)25(31)28-22-15-9-8-14-21(22)24(30)20-12-6-3-7-13-20/h2-15H,16-18H2,1H3,(H,28,31). The molecule has 0 spiro atoms. The Kier molecular flexibility index (Phi) is 7.79. The molecule has 6 heteroatoms. The summed E-state index contributed by atoms with van der Waals surface area (Å²) in [6.45, 7) is 0. The van der Waals surface area contributed by atoms with Crippen LogP contribution in [0.4, 0.5) is 5.69 Å². The number of para-hydroxylation sites is 1. The average Bonchev–Trinajstić information content (AvgIpc) is 2.83. The van der Waals surface area contributed by atoms with Gasteiger partial charge in [0.1, 0.15) is 4.87 Å². The fourth-order valence-electron chi connectivity index (χ4n) is 3.37. The van der Waals surface area contributed by atoms with Crippen molar-refractivity contribution in [1.82, 2.24) is 0 Å². The zero-order valence-electron chi connectivity index (χ0n) is 17.7. The molecular weight excluding hydrogens is 426 g/mol. The summed E-state index contributed by atoms with van der Waals surface area (Å²) in [6, 6.07) is 25.0. The van der Waals surface area contributed by atoms with Crippen LogP contribution in [-0.2, 0) is 20.7 Å². The van der Waals surface area contributed by atoms with Gasteiger partial charge in [-0.2, -0.15) is 0 Å². The lowest BCUT2D eigenvalue weighted by Gasteiger charge is -2.26. The number of benzene rings is 3. The third kappa shape index (κ3) is 5.83. The maximum absolute atomic E-state index is 13.3. The van der Waals surface area contributed by atoms with Gasteiger partial charge in [-0.15, -0.1) is 11.6 Å². The minimum Gasteiger partial charge on any atom is -0.469 e. The average molecular weight is 450 g/mol. The quantitative estimate of drug-likeness (QED) is 0.282. The van der Waals surface area contributed by atoms with E-state index >= 15 is 0 Å². The van der Waals surface area contributed by atoms with Gasteiger partial charge in [0, 0.05) is 24.0 Å². The topological polar surface area (TPSA) is 72.5 Å². The lowest BCUT2D eigenvalue weighted by atomic mass is 9.92. The molecule has 1 unspecified atom stereocenters. The van der Waals surface area contributed by atoms with Crippen LogP contribution in [0, 0.1) is 0 Å². The molecule has 1 atom stereocenters. The van der Waals surface area contributed by atoms with Gasteiger partial charge >= 0.3 is 5.97 Å². The molecule has 3 aromatic rings. The van der Waals surface area contributed by atoms with Crippen LogP contribution in [0.1, 0.15) is 34.3 Å². The van der Waals surface area contributed by atoms with Crippen molar-refractivity contribution in [2.75, 3.05) is 12.4 Å². The number of alkyl halides is 1. The van der Waals surface area contributed by atoms with E-state index in [4.69, 9.17) is 16.3 Å². The third-order valence-corrected chi connectivity index (χ3v) is 5.64. The van der Waals surface area contributed by atoms with Crippen molar-refractivity contribution in [1.29, 1.82) is 0 Å². The Morgan fingerprint density at radius 2 is 1.47 bits per heavy atom. The van der Waals surface area contributed by atoms with Crippen molar-refractivity contribution in [3.8, 4) is 0 Å². The SMILES string of the molecule is COC(=O)CCC(Cl)(Cc1ccccc1)C(=O)Nc1ccccc1C(=O)c1ccccc1. The highest BCUT2D eigenvalue weighted by Crippen LogP contribution is 2.30. The van der Waals surface area contributed by atoms with Crippen LogP contribution in [0.3, 0.4) is 0 Å². The number of amides is 1. The predicted molar refractivity (Wildman–Crippen MR) is 125 cm³/mol. The first kappa shape index (κ1) is 23.2. The lowest BCUT2D eigenvalue weighted by Crippen LogP contribution is -2.40. The Bertz CT molecular complexity index is 1090. The molecule has 0 heterocycles. The van der Waals surface area contributed by atoms with Gasteiger partial charge in [0.05, 0.1) is 12.8 Å². The zero-order valence-corrected chi connectivity index (χ0v) is 18.5. The molecule has 0 fully saturated rings. The van der Waals surface area contributed by atoms with E-state index in [-0.39, 0.29) is 25.0 Å². The minimum atomic E-state index is -1.40. The molecule has 32 heavy (non-hydrogen) atoms. The van der Waals surface area contributed by atoms with E-state index in [0.29, 0.717) is 16.8 Å². The maximum atomic E-state index is 13.3. The molecule has 164 valence electrons. The molecule has 0 radical (unpaired) electrons. The lowest BCUT2D eigenvalue weighted by molar-refractivity contribution is -0.140. The number of esters is 1. The zero-order chi connectivity index (χ0) is 23.0. The van der Waals surface area contributed by atoms with E-state index in [0.717, 1.165) is 5.56 Å². The van der Waals surface area contributed by atoms with Crippen LogP contribution in [0.25, 0.3) is 0 Å². The number of carbonyl (C=O) groups is 3. The monoisotopic (exact) mass is 449 g/mol. The third-order valence-electron chi connectivity index (χ3n) is 5.14. The van der Waals surface area contributed by atoms with Gasteiger partial charge in [-0.1, -0.05) is 72.8 Å². The first-order valence-corrected chi connectivity index (χ1v) is 10.6. The van der Waals surface area contributed by atoms with Gasteiger partial charge in [-0.25, -0.2) is 0 Å². The van der Waals surface area contributed by atoms with E-state index in [1.807, 2.05) is 36.4 Å². The molecule has 0 bridgehead atoms. The van der Waals surface area contributed by atoms with E-state index in [2.05, 4.69) is 5.32 Å². The van der Waals surface area contributed by atoms with Gasteiger partial charge < -0.3 is 10.1 Å². The van der Waals surface area contributed by atoms with E-state index in [9.17, 15) is 14.4 Å². The summed E-state index contributed by atoms with van der Waals surface area (Å²) >= 11 is 6.82. The highest BCUT2D eigenvalue weighted by Gasteiger charge is 2.37. The number of hydrogen-bond acceptors (Lipinski definition) is 4.